The van der Waals surface area contributed by atoms with Gasteiger partial charge in [0.15, 0.2) is 0 Å². The van der Waals surface area contributed by atoms with E-state index in [0.29, 0.717) is 6.04 Å². The lowest BCUT2D eigenvalue weighted by Gasteiger charge is -2.22. The van der Waals surface area contributed by atoms with Gasteiger partial charge in [-0.15, -0.1) is 0 Å². The van der Waals surface area contributed by atoms with Gasteiger partial charge in [0.1, 0.15) is 0 Å². The summed E-state index contributed by atoms with van der Waals surface area (Å²) >= 11 is 0. The molecule has 1 aromatic carbocycles. The van der Waals surface area contributed by atoms with Crippen molar-refractivity contribution in [3.05, 3.63) is 35.9 Å². The van der Waals surface area contributed by atoms with Crippen LogP contribution in [-0.2, 0) is 0 Å². The molecule has 0 aliphatic rings. The summed E-state index contributed by atoms with van der Waals surface area (Å²) in [6.07, 6.45) is 1.01. The van der Waals surface area contributed by atoms with Crippen LogP contribution in [0.2, 0.25) is 0 Å². The number of rotatable bonds is 5. The minimum absolute atomic E-state index is 0.160. The first-order chi connectivity index (χ1) is 7.11. The Labute approximate surface area is 93.1 Å². The molecule has 0 aliphatic carbocycles. The third-order valence-corrected chi connectivity index (χ3v) is 2.90. The van der Waals surface area contributed by atoms with Crippen LogP contribution in [0, 0.1) is 0 Å². The summed E-state index contributed by atoms with van der Waals surface area (Å²) in [5.74, 6) is 0. The van der Waals surface area contributed by atoms with Crippen molar-refractivity contribution in [1.29, 1.82) is 0 Å². The molecule has 0 radical (unpaired) electrons. The van der Waals surface area contributed by atoms with Crippen molar-refractivity contribution in [1.82, 2.24) is 4.90 Å². The molecule has 2 heteroatoms. The molecule has 0 bridgehead atoms. The predicted octanol–water partition coefficient (Wildman–Crippen LogP) is 2.42. The van der Waals surface area contributed by atoms with Crippen LogP contribution in [0.5, 0.6) is 0 Å². The topological polar surface area (TPSA) is 29.3 Å². The molecule has 1 unspecified atom stereocenters. The van der Waals surface area contributed by atoms with Crippen molar-refractivity contribution in [2.45, 2.75) is 32.4 Å². The normalized spacial score (nSPS) is 13.5. The Balaban J connectivity index is 2.40. The Bertz CT molecular complexity index is 269. The minimum atomic E-state index is 0.160. The van der Waals surface area contributed by atoms with Crippen molar-refractivity contribution in [2.24, 2.45) is 5.73 Å². The molecular weight excluding hydrogens is 184 g/mol. The van der Waals surface area contributed by atoms with E-state index < -0.39 is 0 Å². The monoisotopic (exact) mass is 206 g/mol. The molecule has 0 spiro atoms. The largest absolute Gasteiger partial charge is 0.324 e. The fraction of sp³-hybridized carbons (Fsp3) is 0.538. The van der Waals surface area contributed by atoms with Crippen LogP contribution < -0.4 is 5.73 Å². The molecule has 2 nitrogen and oxygen atoms in total. The highest BCUT2D eigenvalue weighted by Gasteiger charge is 2.08. The van der Waals surface area contributed by atoms with Crippen molar-refractivity contribution in [2.75, 3.05) is 13.6 Å². The summed E-state index contributed by atoms with van der Waals surface area (Å²) < 4.78 is 0. The van der Waals surface area contributed by atoms with E-state index in [0.717, 1.165) is 13.0 Å². The van der Waals surface area contributed by atoms with E-state index in [1.54, 1.807) is 0 Å². The SMILES string of the molecule is CC(C)N(C)CCC(N)c1ccccc1. The Morgan fingerprint density at radius 2 is 1.80 bits per heavy atom. The fourth-order valence-electron chi connectivity index (χ4n) is 1.47. The predicted molar refractivity (Wildman–Crippen MR) is 65.8 cm³/mol. The highest BCUT2D eigenvalue weighted by Crippen LogP contribution is 2.13. The summed E-state index contributed by atoms with van der Waals surface area (Å²) in [5.41, 5.74) is 7.35. The maximum absolute atomic E-state index is 6.12. The number of benzene rings is 1. The van der Waals surface area contributed by atoms with Gasteiger partial charge < -0.3 is 10.6 Å². The third-order valence-electron chi connectivity index (χ3n) is 2.90. The van der Waals surface area contributed by atoms with Gasteiger partial charge in [-0.1, -0.05) is 30.3 Å². The van der Waals surface area contributed by atoms with Crippen LogP contribution in [0.15, 0.2) is 30.3 Å². The van der Waals surface area contributed by atoms with Gasteiger partial charge in [-0.25, -0.2) is 0 Å². The van der Waals surface area contributed by atoms with Crippen molar-refractivity contribution in [3.63, 3.8) is 0 Å². The van der Waals surface area contributed by atoms with E-state index in [2.05, 4.69) is 37.9 Å². The quantitative estimate of drug-likeness (QED) is 0.801. The zero-order chi connectivity index (χ0) is 11.3. The molecule has 0 fully saturated rings. The van der Waals surface area contributed by atoms with Crippen LogP contribution in [-0.4, -0.2) is 24.5 Å². The molecule has 84 valence electrons. The van der Waals surface area contributed by atoms with Gasteiger partial charge in [-0.2, -0.15) is 0 Å². The molecule has 2 N–H and O–H groups in total. The maximum Gasteiger partial charge on any atom is 0.0307 e. The first kappa shape index (κ1) is 12.2. The lowest BCUT2D eigenvalue weighted by atomic mass is 10.0. The van der Waals surface area contributed by atoms with Crippen LogP contribution in [0.1, 0.15) is 31.9 Å². The van der Waals surface area contributed by atoms with E-state index in [1.807, 2.05) is 18.2 Å². The second kappa shape index (κ2) is 5.89. The van der Waals surface area contributed by atoms with Gasteiger partial charge in [0.2, 0.25) is 0 Å². The van der Waals surface area contributed by atoms with Crippen LogP contribution in [0.25, 0.3) is 0 Å². The Kier molecular flexibility index (Phi) is 4.79. The van der Waals surface area contributed by atoms with E-state index >= 15 is 0 Å². The summed E-state index contributed by atoms with van der Waals surface area (Å²) in [6, 6.07) is 11.1. The first-order valence-corrected chi connectivity index (χ1v) is 5.62. The highest BCUT2D eigenvalue weighted by atomic mass is 15.1. The van der Waals surface area contributed by atoms with E-state index in [9.17, 15) is 0 Å². The van der Waals surface area contributed by atoms with E-state index in [1.165, 1.54) is 5.56 Å². The second-order valence-electron chi connectivity index (χ2n) is 4.38. The Hall–Kier alpha value is -0.860. The standard InChI is InChI=1S/C13H22N2/c1-11(2)15(3)10-9-13(14)12-7-5-4-6-8-12/h4-8,11,13H,9-10,14H2,1-3H3. The highest BCUT2D eigenvalue weighted by molar-refractivity contribution is 5.18. The van der Waals surface area contributed by atoms with E-state index in [-0.39, 0.29) is 6.04 Å². The third kappa shape index (κ3) is 4.02. The van der Waals surface area contributed by atoms with Crippen LogP contribution >= 0.6 is 0 Å². The molecule has 1 rings (SSSR count). The molecule has 1 aromatic rings. The van der Waals surface area contributed by atoms with Crippen LogP contribution in [0.4, 0.5) is 0 Å². The van der Waals surface area contributed by atoms with Crippen molar-refractivity contribution >= 4 is 0 Å². The smallest absolute Gasteiger partial charge is 0.0307 e. The summed E-state index contributed by atoms with van der Waals surface area (Å²) in [7, 11) is 2.14. The van der Waals surface area contributed by atoms with Gasteiger partial charge in [0, 0.05) is 12.1 Å². The molecule has 0 saturated carbocycles. The van der Waals surface area contributed by atoms with Gasteiger partial charge in [0.25, 0.3) is 0 Å². The minimum Gasteiger partial charge on any atom is -0.324 e. The number of nitrogens with two attached hydrogens (primary N) is 1. The summed E-state index contributed by atoms with van der Waals surface area (Å²) in [4.78, 5) is 2.32. The van der Waals surface area contributed by atoms with Crippen molar-refractivity contribution < 1.29 is 0 Å². The van der Waals surface area contributed by atoms with Gasteiger partial charge in [-0.05, 0) is 39.4 Å². The summed E-state index contributed by atoms with van der Waals surface area (Å²) in [5, 5.41) is 0. The molecule has 0 amide bonds. The van der Waals surface area contributed by atoms with Crippen molar-refractivity contribution in [3.8, 4) is 0 Å². The van der Waals surface area contributed by atoms with Gasteiger partial charge in [0.05, 0.1) is 0 Å². The summed E-state index contributed by atoms with van der Waals surface area (Å²) in [6.45, 7) is 5.45. The molecule has 0 aliphatic heterocycles. The van der Waals surface area contributed by atoms with Gasteiger partial charge >= 0.3 is 0 Å². The average molecular weight is 206 g/mol. The zero-order valence-corrected chi connectivity index (χ0v) is 9.98. The number of nitrogens with zero attached hydrogens (tertiary/aromatic N) is 1. The Morgan fingerprint density at radius 3 is 2.33 bits per heavy atom. The molecule has 0 heterocycles. The number of hydrogen-bond acceptors (Lipinski definition) is 2. The average Bonchev–Trinajstić information content (AvgIpc) is 2.26. The Morgan fingerprint density at radius 1 is 1.20 bits per heavy atom. The lowest BCUT2D eigenvalue weighted by molar-refractivity contribution is 0.263. The fourth-order valence-corrected chi connectivity index (χ4v) is 1.47. The van der Waals surface area contributed by atoms with Gasteiger partial charge in [-0.3, -0.25) is 0 Å². The molecule has 0 aromatic heterocycles. The number of hydrogen-bond donors (Lipinski definition) is 1. The molecule has 1 atom stereocenters. The molecular formula is C13H22N2. The molecule has 0 saturated heterocycles. The zero-order valence-electron chi connectivity index (χ0n) is 9.98. The van der Waals surface area contributed by atoms with E-state index in [4.69, 9.17) is 5.73 Å². The lowest BCUT2D eigenvalue weighted by Crippen LogP contribution is -2.29. The molecule has 15 heavy (non-hydrogen) atoms. The second-order valence-corrected chi connectivity index (χ2v) is 4.38. The first-order valence-electron chi connectivity index (χ1n) is 5.62. The van der Waals surface area contributed by atoms with Crippen LogP contribution in [0.3, 0.4) is 0 Å². The maximum atomic E-state index is 6.12.